The van der Waals surface area contributed by atoms with Crippen LogP contribution in [-0.2, 0) is 6.18 Å². The number of benzene rings is 1. The Labute approximate surface area is 63.0 Å². The van der Waals surface area contributed by atoms with E-state index in [2.05, 4.69) is 0 Å². The fraction of sp³-hybridized carbons (Fsp3) is 0.143. The number of nitrogens with two attached hydrogens (primary N) is 1. The van der Waals surface area contributed by atoms with Crippen LogP contribution in [0.2, 0.25) is 0 Å². The Bertz CT molecular complexity index is 295. The summed E-state index contributed by atoms with van der Waals surface area (Å²) in [5.74, 6) is 0. The van der Waals surface area contributed by atoms with Gasteiger partial charge in [-0.25, -0.2) is 0 Å². The van der Waals surface area contributed by atoms with Crippen molar-refractivity contribution in [2.45, 2.75) is 6.18 Å². The van der Waals surface area contributed by atoms with Gasteiger partial charge in [-0.05, 0) is 18.2 Å². The molecule has 1 aromatic rings. The standard InChI is InChI=1S/C7H6F3N/c8-7(9,10)5-2-1-3-6(11)4-5/h1-4H,11H2/i4D. The van der Waals surface area contributed by atoms with Gasteiger partial charge in [0.1, 0.15) is 0 Å². The third-order valence-electron chi connectivity index (χ3n) is 1.12. The summed E-state index contributed by atoms with van der Waals surface area (Å²) in [5.41, 5.74) is 3.97. The number of anilines is 1. The number of nitrogen functional groups attached to an aromatic ring is 1. The Morgan fingerprint density at radius 3 is 2.45 bits per heavy atom. The van der Waals surface area contributed by atoms with E-state index in [4.69, 9.17) is 7.10 Å². The lowest BCUT2D eigenvalue weighted by molar-refractivity contribution is -0.137. The molecule has 0 heterocycles. The molecule has 0 bridgehead atoms. The van der Waals surface area contributed by atoms with Gasteiger partial charge in [-0.15, -0.1) is 0 Å². The molecule has 0 spiro atoms. The van der Waals surface area contributed by atoms with Crippen molar-refractivity contribution in [2.75, 3.05) is 5.73 Å². The van der Waals surface area contributed by atoms with Crippen LogP contribution in [-0.4, -0.2) is 0 Å². The van der Waals surface area contributed by atoms with Gasteiger partial charge in [0.25, 0.3) is 0 Å². The molecule has 0 fully saturated rings. The molecule has 0 aromatic heterocycles. The third kappa shape index (κ3) is 1.86. The molecule has 0 unspecified atom stereocenters. The summed E-state index contributed by atoms with van der Waals surface area (Å²) >= 11 is 0. The second kappa shape index (κ2) is 2.45. The van der Waals surface area contributed by atoms with E-state index in [0.717, 1.165) is 6.07 Å². The Hall–Kier alpha value is -1.19. The first-order valence-electron chi connectivity index (χ1n) is 3.35. The number of hydrogen-bond acceptors (Lipinski definition) is 1. The minimum atomic E-state index is -4.49. The average Bonchev–Trinajstić information content (AvgIpc) is 1.92. The van der Waals surface area contributed by atoms with Gasteiger partial charge >= 0.3 is 6.18 Å². The number of halogens is 3. The summed E-state index contributed by atoms with van der Waals surface area (Å²) in [6.45, 7) is 0. The molecule has 4 heteroatoms. The van der Waals surface area contributed by atoms with Crippen LogP contribution in [0.5, 0.6) is 0 Å². The first-order chi connectivity index (χ1) is 5.43. The topological polar surface area (TPSA) is 26.0 Å². The second-order valence-corrected chi connectivity index (χ2v) is 2.02. The predicted octanol–water partition coefficient (Wildman–Crippen LogP) is 2.29. The summed E-state index contributed by atoms with van der Waals surface area (Å²) < 4.78 is 43.2. The molecule has 0 aliphatic heterocycles. The Morgan fingerprint density at radius 1 is 1.36 bits per heavy atom. The lowest BCUT2D eigenvalue weighted by atomic mass is 10.2. The van der Waals surface area contributed by atoms with Crippen molar-refractivity contribution < 1.29 is 14.5 Å². The van der Waals surface area contributed by atoms with Gasteiger partial charge in [0.15, 0.2) is 0 Å². The van der Waals surface area contributed by atoms with Gasteiger partial charge in [-0.2, -0.15) is 13.2 Å². The highest BCUT2D eigenvalue weighted by Crippen LogP contribution is 2.29. The molecular formula is C7H6F3N. The van der Waals surface area contributed by atoms with E-state index in [0.29, 0.717) is 0 Å². The molecule has 11 heavy (non-hydrogen) atoms. The Morgan fingerprint density at radius 2 is 2.00 bits per heavy atom. The Balaban J connectivity index is 3.26. The van der Waals surface area contributed by atoms with Crippen LogP contribution in [0.3, 0.4) is 0 Å². The molecule has 0 aliphatic rings. The maximum Gasteiger partial charge on any atom is 0.416 e. The second-order valence-electron chi connectivity index (χ2n) is 2.02. The van der Waals surface area contributed by atoms with Crippen LogP contribution in [0.1, 0.15) is 6.93 Å². The molecule has 1 nitrogen and oxygen atoms in total. The van der Waals surface area contributed by atoms with E-state index in [9.17, 15) is 13.2 Å². The van der Waals surface area contributed by atoms with E-state index in [1.165, 1.54) is 12.1 Å². The summed E-state index contributed by atoms with van der Waals surface area (Å²) in [4.78, 5) is 0. The number of rotatable bonds is 0. The van der Waals surface area contributed by atoms with E-state index >= 15 is 0 Å². The molecular weight excluding hydrogens is 155 g/mol. The van der Waals surface area contributed by atoms with Crippen molar-refractivity contribution in [3.63, 3.8) is 0 Å². The molecule has 0 atom stereocenters. The van der Waals surface area contributed by atoms with Gasteiger partial charge in [0, 0.05) is 5.69 Å². The van der Waals surface area contributed by atoms with Crippen molar-refractivity contribution in [3.8, 4) is 0 Å². The average molecular weight is 162 g/mol. The van der Waals surface area contributed by atoms with Crippen LogP contribution in [0.25, 0.3) is 0 Å². The maximum absolute atomic E-state index is 12.1. The first-order valence-corrected chi connectivity index (χ1v) is 2.85. The largest absolute Gasteiger partial charge is 0.416 e. The zero-order valence-electron chi connectivity index (χ0n) is 6.44. The van der Waals surface area contributed by atoms with Crippen molar-refractivity contribution >= 4 is 5.69 Å². The number of alkyl halides is 3. The molecule has 1 rings (SSSR count). The SMILES string of the molecule is [2H]c1c(N)cccc1C(F)(F)F. The summed E-state index contributed by atoms with van der Waals surface area (Å²) in [6, 6.07) is 2.61. The highest BCUT2D eigenvalue weighted by molar-refractivity contribution is 5.41. The minimum Gasteiger partial charge on any atom is -0.399 e. The summed E-state index contributed by atoms with van der Waals surface area (Å²) in [6.07, 6.45) is -4.49. The highest BCUT2D eigenvalue weighted by atomic mass is 19.4. The summed E-state index contributed by atoms with van der Waals surface area (Å²) in [5, 5.41) is 0. The molecule has 0 saturated carbocycles. The maximum atomic E-state index is 12.1. The van der Waals surface area contributed by atoms with Gasteiger partial charge in [0.2, 0.25) is 0 Å². The van der Waals surface area contributed by atoms with Gasteiger partial charge < -0.3 is 5.73 Å². The lowest BCUT2D eigenvalue weighted by Gasteiger charge is -2.05. The molecule has 0 saturated heterocycles. The van der Waals surface area contributed by atoms with Crippen molar-refractivity contribution in [3.05, 3.63) is 29.8 Å². The zero-order chi connectivity index (χ0) is 9.35. The van der Waals surface area contributed by atoms with E-state index in [1.54, 1.807) is 0 Å². The van der Waals surface area contributed by atoms with Crippen LogP contribution >= 0.6 is 0 Å². The Kier molecular flexibility index (Phi) is 1.45. The van der Waals surface area contributed by atoms with Crippen molar-refractivity contribution in [1.29, 1.82) is 0 Å². The monoisotopic (exact) mass is 162 g/mol. The quantitative estimate of drug-likeness (QED) is 0.582. The van der Waals surface area contributed by atoms with Crippen LogP contribution in [0.15, 0.2) is 24.2 Å². The molecule has 0 aliphatic carbocycles. The smallest absolute Gasteiger partial charge is 0.399 e. The van der Waals surface area contributed by atoms with E-state index in [1.807, 2.05) is 0 Å². The fourth-order valence-electron chi connectivity index (χ4n) is 0.652. The zero-order valence-corrected chi connectivity index (χ0v) is 5.44. The van der Waals surface area contributed by atoms with Gasteiger partial charge in [0.05, 0.1) is 6.93 Å². The minimum absolute atomic E-state index is 0.162. The highest BCUT2D eigenvalue weighted by Gasteiger charge is 2.30. The molecule has 0 amide bonds. The predicted molar refractivity (Wildman–Crippen MR) is 35.9 cm³/mol. The lowest BCUT2D eigenvalue weighted by Crippen LogP contribution is -2.04. The van der Waals surface area contributed by atoms with Gasteiger partial charge in [-0.3, -0.25) is 0 Å². The fourth-order valence-corrected chi connectivity index (χ4v) is 0.652. The molecule has 0 radical (unpaired) electrons. The van der Waals surface area contributed by atoms with Crippen LogP contribution in [0, 0.1) is 0 Å². The number of hydrogen-bond donors (Lipinski definition) is 1. The summed E-state index contributed by atoms with van der Waals surface area (Å²) in [7, 11) is 0. The molecule has 1 aromatic carbocycles. The molecule has 60 valence electrons. The van der Waals surface area contributed by atoms with Gasteiger partial charge in [-0.1, -0.05) is 6.07 Å². The van der Waals surface area contributed by atoms with E-state index < -0.39 is 17.8 Å². The van der Waals surface area contributed by atoms with Crippen molar-refractivity contribution in [1.82, 2.24) is 0 Å². The van der Waals surface area contributed by atoms with E-state index in [-0.39, 0.29) is 5.69 Å². The van der Waals surface area contributed by atoms with Crippen molar-refractivity contribution in [2.24, 2.45) is 0 Å². The first kappa shape index (κ1) is 6.52. The molecule has 2 N–H and O–H groups in total. The van der Waals surface area contributed by atoms with Crippen LogP contribution < -0.4 is 5.73 Å². The van der Waals surface area contributed by atoms with Crippen LogP contribution in [0.4, 0.5) is 18.9 Å². The normalized spacial score (nSPS) is 12.8. The third-order valence-corrected chi connectivity index (χ3v) is 1.12.